The molecule has 0 saturated heterocycles. The summed E-state index contributed by atoms with van der Waals surface area (Å²) in [5, 5.41) is 3.16. The lowest BCUT2D eigenvalue weighted by atomic mass is 10.2. The molecule has 0 aromatic heterocycles. The van der Waals surface area contributed by atoms with E-state index in [1.54, 1.807) is 0 Å². The van der Waals surface area contributed by atoms with Crippen molar-refractivity contribution in [1.82, 2.24) is 5.32 Å². The monoisotopic (exact) mass is 220 g/mol. The molecule has 1 aromatic carbocycles. The molecule has 0 spiro atoms. The molecule has 0 fully saturated rings. The van der Waals surface area contributed by atoms with Gasteiger partial charge in [0.2, 0.25) is 0 Å². The lowest BCUT2D eigenvalue weighted by Crippen LogP contribution is -2.18. The minimum atomic E-state index is 0.944. The van der Waals surface area contributed by atoms with Gasteiger partial charge < -0.3 is 10.2 Å². The first-order chi connectivity index (χ1) is 7.77. The van der Waals surface area contributed by atoms with E-state index >= 15 is 0 Å². The molecule has 0 unspecified atom stereocenters. The van der Waals surface area contributed by atoms with Gasteiger partial charge in [-0.1, -0.05) is 31.9 Å². The van der Waals surface area contributed by atoms with Gasteiger partial charge in [-0.2, -0.15) is 0 Å². The summed E-state index contributed by atoms with van der Waals surface area (Å²) in [7, 11) is 4.15. The number of hydrogen-bond acceptors (Lipinski definition) is 2. The van der Waals surface area contributed by atoms with Gasteiger partial charge in [0, 0.05) is 25.8 Å². The maximum atomic E-state index is 3.16. The van der Waals surface area contributed by atoms with Gasteiger partial charge in [0.25, 0.3) is 0 Å². The quantitative estimate of drug-likeness (QED) is 0.711. The molecule has 1 N–H and O–H groups in total. The van der Waals surface area contributed by atoms with Gasteiger partial charge in [0.05, 0.1) is 0 Å². The van der Waals surface area contributed by atoms with Crippen LogP contribution in [0.3, 0.4) is 0 Å². The van der Waals surface area contributed by atoms with Crippen molar-refractivity contribution < 1.29 is 0 Å². The van der Waals surface area contributed by atoms with Crippen LogP contribution < -0.4 is 10.2 Å². The normalized spacial score (nSPS) is 10.4. The summed E-state index contributed by atoms with van der Waals surface area (Å²) >= 11 is 0. The molecule has 90 valence electrons. The highest BCUT2D eigenvalue weighted by molar-refractivity contribution is 5.46. The summed E-state index contributed by atoms with van der Waals surface area (Å²) in [5.41, 5.74) is 2.66. The van der Waals surface area contributed by atoms with Gasteiger partial charge in [0.1, 0.15) is 0 Å². The molecule has 0 saturated carbocycles. The third-order valence-corrected chi connectivity index (χ3v) is 2.86. The Labute approximate surface area is 99.7 Å². The number of hydrogen-bond donors (Lipinski definition) is 1. The zero-order chi connectivity index (χ0) is 11.8. The molecule has 1 rings (SSSR count). The van der Waals surface area contributed by atoms with Crippen LogP contribution in [-0.4, -0.2) is 20.6 Å². The van der Waals surface area contributed by atoms with E-state index in [2.05, 4.69) is 48.5 Å². The Bertz CT molecular complexity index is 279. The number of unbranched alkanes of at least 4 members (excludes halogenated alkanes) is 2. The first-order valence-electron chi connectivity index (χ1n) is 6.22. The van der Waals surface area contributed by atoms with Gasteiger partial charge >= 0.3 is 0 Å². The first kappa shape index (κ1) is 13.0. The van der Waals surface area contributed by atoms with E-state index in [0.29, 0.717) is 0 Å². The Morgan fingerprint density at radius 1 is 1.12 bits per heavy atom. The highest BCUT2D eigenvalue weighted by Gasteiger charge is 2.00. The molecule has 0 heterocycles. The van der Waals surface area contributed by atoms with Gasteiger partial charge in [-0.25, -0.2) is 0 Å². The Hall–Kier alpha value is -1.02. The van der Waals surface area contributed by atoms with Crippen molar-refractivity contribution in [2.75, 3.05) is 25.5 Å². The van der Waals surface area contributed by atoms with Crippen molar-refractivity contribution >= 4 is 5.69 Å². The average molecular weight is 220 g/mol. The van der Waals surface area contributed by atoms with Crippen molar-refractivity contribution in [2.24, 2.45) is 0 Å². The molecule has 2 heteroatoms. The maximum absolute atomic E-state index is 3.16. The molecule has 1 aromatic rings. The number of rotatable bonds is 7. The molecule has 2 nitrogen and oxygen atoms in total. The average Bonchev–Trinajstić information content (AvgIpc) is 2.30. The largest absolute Gasteiger partial charge is 0.375 e. The summed E-state index contributed by atoms with van der Waals surface area (Å²) in [6, 6.07) is 8.81. The van der Waals surface area contributed by atoms with Gasteiger partial charge in [-0.15, -0.1) is 0 Å². The van der Waals surface area contributed by atoms with Gasteiger partial charge in [-0.05, 0) is 31.2 Å². The summed E-state index contributed by atoms with van der Waals surface area (Å²) in [5.74, 6) is 0. The first-order valence-corrected chi connectivity index (χ1v) is 6.22. The second kappa shape index (κ2) is 7.29. The van der Waals surface area contributed by atoms with Crippen LogP contribution in [0.1, 0.15) is 31.7 Å². The van der Waals surface area contributed by atoms with Crippen LogP contribution in [0.4, 0.5) is 5.69 Å². The molecular formula is C14H24N2. The second-order valence-corrected chi connectivity index (χ2v) is 4.33. The van der Waals surface area contributed by atoms with E-state index in [1.807, 2.05) is 7.05 Å². The van der Waals surface area contributed by atoms with E-state index in [9.17, 15) is 0 Å². The number of benzene rings is 1. The lowest BCUT2D eigenvalue weighted by molar-refractivity contribution is 0.705. The minimum absolute atomic E-state index is 0.944. The van der Waals surface area contributed by atoms with Gasteiger partial charge in [0.15, 0.2) is 0 Å². The zero-order valence-electron chi connectivity index (χ0n) is 10.8. The van der Waals surface area contributed by atoms with E-state index in [-0.39, 0.29) is 0 Å². The molecule has 0 radical (unpaired) electrons. The topological polar surface area (TPSA) is 15.3 Å². The van der Waals surface area contributed by atoms with Crippen molar-refractivity contribution in [1.29, 1.82) is 0 Å². The molecule has 0 amide bonds. The maximum Gasteiger partial charge on any atom is 0.0363 e. The Balaban J connectivity index is 2.46. The number of nitrogens with one attached hydrogen (secondary N) is 1. The van der Waals surface area contributed by atoms with Crippen molar-refractivity contribution in [3.63, 3.8) is 0 Å². The predicted octanol–water partition coefficient (Wildman–Crippen LogP) is 3.03. The highest BCUT2D eigenvalue weighted by Crippen LogP contribution is 2.14. The van der Waals surface area contributed by atoms with Crippen LogP contribution in [0.25, 0.3) is 0 Å². The zero-order valence-corrected chi connectivity index (χ0v) is 10.8. The van der Waals surface area contributed by atoms with Crippen LogP contribution in [0, 0.1) is 0 Å². The minimum Gasteiger partial charge on any atom is -0.375 e. The summed E-state index contributed by atoms with van der Waals surface area (Å²) in [6.45, 7) is 4.34. The molecule has 0 aliphatic rings. The molecule has 0 atom stereocenters. The van der Waals surface area contributed by atoms with E-state index < -0.39 is 0 Å². The fraction of sp³-hybridized carbons (Fsp3) is 0.571. The van der Waals surface area contributed by atoms with Crippen LogP contribution in [0.2, 0.25) is 0 Å². The summed E-state index contributed by atoms with van der Waals surface area (Å²) in [4.78, 5) is 2.33. The summed E-state index contributed by atoms with van der Waals surface area (Å²) in [6.07, 6.45) is 3.89. The molecule has 16 heavy (non-hydrogen) atoms. The SMILES string of the molecule is CCCCCN(C)c1ccc(CNC)cc1. The van der Waals surface area contributed by atoms with Crippen molar-refractivity contribution in [2.45, 2.75) is 32.7 Å². The molecule has 0 bridgehead atoms. The molecule has 0 aliphatic carbocycles. The van der Waals surface area contributed by atoms with E-state index in [0.717, 1.165) is 13.1 Å². The summed E-state index contributed by atoms with van der Waals surface area (Å²) < 4.78 is 0. The Morgan fingerprint density at radius 3 is 2.38 bits per heavy atom. The Morgan fingerprint density at radius 2 is 1.81 bits per heavy atom. The van der Waals surface area contributed by atoms with Crippen molar-refractivity contribution in [3.05, 3.63) is 29.8 Å². The number of nitrogens with zero attached hydrogens (tertiary/aromatic N) is 1. The van der Waals surface area contributed by atoms with Crippen molar-refractivity contribution in [3.8, 4) is 0 Å². The second-order valence-electron chi connectivity index (χ2n) is 4.33. The predicted molar refractivity (Wildman–Crippen MR) is 72.0 cm³/mol. The van der Waals surface area contributed by atoms with E-state index in [1.165, 1.54) is 30.5 Å². The standard InChI is InChI=1S/C14H24N2/c1-4-5-6-11-16(3)14-9-7-13(8-10-14)12-15-2/h7-10,15H,4-6,11-12H2,1-3H3. The van der Waals surface area contributed by atoms with Crippen LogP contribution in [0.5, 0.6) is 0 Å². The smallest absolute Gasteiger partial charge is 0.0363 e. The molecule has 0 aliphatic heterocycles. The third-order valence-electron chi connectivity index (χ3n) is 2.86. The highest BCUT2D eigenvalue weighted by atomic mass is 15.1. The van der Waals surface area contributed by atoms with Crippen LogP contribution >= 0.6 is 0 Å². The Kier molecular flexibility index (Phi) is 5.94. The van der Waals surface area contributed by atoms with E-state index in [4.69, 9.17) is 0 Å². The lowest BCUT2D eigenvalue weighted by Gasteiger charge is -2.19. The van der Waals surface area contributed by atoms with Crippen LogP contribution in [0.15, 0.2) is 24.3 Å². The fourth-order valence-electron chi connectivity index (χ4n) is 1.80. The molecular weight excluding hydrogens is 196 g/mol. The van der Waals surface area contributed by atoms with Crippen LogP contribution in [-0.2, 0) is 6.54 Å². The third kappa shape index (κ3) is 4.23. The van der Waals surface area contributed by atoms with Gasteiger partial charge in [-0.3, -0.25) is 0 Å². The number of anilines is 1. The fourth-order valence-corrected chi connectivity index (χ4v) is 1.80.